The van der Waals surface area contributed by atoms with Crippen LogP contribution in [0.25, 0.3) is 0 Å². The molecule has 0 spiro atoms. The molecule has 0 radical (unpaired) electrons. The minimum atomic E-state index is -0.991. The van der Waals surface area contributed by atoms with Gasteiger partial charge in [-0.25, -0.2) is 9.78 Å². The Balaban J connectivity index is 2.11. The normalized spacial score (nSPS) is 10.2. The molecule has 0 aliphatic carbocycles. The summed E-state index contributed by atoms with van der Waals surface area (Å²) in [5.41, 5.74) is 1.62. The molecule has 0 aliphatic heterocycles. The highest BCUT2D eigenvalue weighted by Crippen LogP contribution is 2.15. The number of nitrogens with one attached hydrogen (secondary N) is 1. The zero-order chi connectivity index (χ0) is 12.3. The summed E-state index contributed by atoms with van der Waals surface area (Å²) >= 11 is 1.57. The zero-order valence-corrected chi connectivity index (χ0v) is 9.99. The van der Waals surface area contributed by atoms with Crippen molar-refractivity contribution in [3.8, 4) is 0 Å². The smallest absolute Gasteiger partial charge is 0.339 e. The molecule has 88 valence electrons. The lowest BCUT2D eigenvalue weighted by Crippen LogP contribution is -2.07. The van der Waals surface area contributed by atoms with Gasteiger partial charge in [-0.3, -0.25) is 4.98 Å². The number of rotatable bonds is 4. The Morgan fingerprint density at radius 3 is 3.06 bits per heavy atom. The summed E-state index contributed by atoms with van der Waals surface area (Å²) in [6.45, 7) is 2.44. The van der Waals surface area contributed by atoms with Gasteiger partial charge in [-0.15, -0.1) is 11.3 Å². The van der Waals surface area contributed by atoms with Crippen LogP contribution >= 0.6 is 11.3 Å². The van der Waals surface area contributed by atoms with Crippen LogP contribution in [0.1, 0.15) is 21.1 Å². The highest BCUT2D eigenvalue weighted by molar-refractivity contribution is 7.09. The maximum absolute atomic E-state index is 10.9. The van der Waals surface area contributed by atoms with Gasteiger partial charge in [-0.05, 0) is 13.0 Å². The number of thiazole rings is 1. The van der Waals surface area contributed by atoms with Gasteiger partial charge in [0.15, 0.2) is 0 Å². The molecule has 0 aliphatic rings. The first-order valence-electron chi connectivity index (χ1n) is 4.99. The minimum Gasteiger partial charge on any atom is -0.478 e. The van der Waals surface area contributed by atoms with E-state index in [0.29, 0.717) is 12.2 Å². The first-order valence-corrected chi connectivity index (χ1v) is 5.87. The predicted octanol–water partition coefficient (Wildman–Crippen LogP) is 2.16. The van der Waals surface area contributed by atoms with E-state index < -0.39 is 5.97 Å². The van der Waals surface area contributed by atoms with Gasteiger partial charge in [-0.2, -0.15) is 0 Å². The third-order valence-electron chi connectivity index (χ3n) is 2.18. The molecule has 0 unspecified atom stereocenters. The van der Waals surface area contributed by atoms with Crippen LogP contribution in [0.3, 0.4) is 0 Å². The molecule has 6 heteroatoms. The molecule has 17 heavy (non-hydrogen) atoms. The third-order valence-corrected chi connectivity index (χ3v) is 3.00. The SMILES string of the molecule is Cc1nc(CNc2ccncc2C(=O)O)cs1. The van der Waals surface area contributed by atoms with E-state index >= 15 is 0 Å². The number of carbonyl (C=O) groups is 1. The van der Waals surface area contributed by atoms with Crippen LogP contribution < -0.4 is 5.32 Å². The maximum atomic E-state index is 10.9. The van der Waals surface area contributed by atoms with E-state index in [1.54, 1.807) is 23.6 Å². The molecule has 2 aromatic rings. The quantitative estimate of drug-likeness (QED) is 0.868. The summed E-state index contributed by atoms with van der Waals surface area (Å²) in [6.07, 6.45) is 2.89. The van der Waals surface area contributed by atoms with Gasteiger partial charge in [0, 0.05) is 17.8 Å². The van der Waals surface area contributed by atoms with Crippen molar-refractivity contribution >= 4 is 23.0 Å². The molecule has 0 atom stereocenters. The number of hydrogen-bond donors (Lipinski definition) is 2. The number of anilines is 1. The summed E-state index contributed by atoms with van der Waals surface area (Å²) in [7, 11) is 0. The number of aryl methyl sites for hydroxylation is 1. The average molecular weight is 249 g/mol. The van der Waals surface area contributed by atoms with E-state index in [9.17, 15) is 4.79 Å². The topological polar surface area (TPSA) is 75.1 Å². The Bertz CT molecular complexity index is 539. The van der Waals surface area contributed by atoms with Crippen LogP contribution in [0.15, 0.2) is 23.8 Å². The lowest BCUT2D eigenvalue weighted by atomic mass is 10.2. The molecule has 2 aromatic heterocycles. The fourth-order valence-corrected chi connectivity index (χ4v) is 2.01. The molecule has 0 fully saturated rings. The van der Waals surface area contributed by atoms with E-state index in [-0.39, 0.29) is 5.56 Å². The van der Waals surface area contributed by atoms with Gasteiger partial charge in [0.1, 0.15) is 5.56 Å². The van der Waals surface area contributed by atoms with Crippen molar-refractivity contribution in [1.29, 1.82) is 0 Å². The van der Waals surface area contributed by atoms with Crippen molar-refractivity contribution in [2.24, 2.45) is 0 Å². The maximum Gasteiger partial charge on any atom is 0.339 e. The number of aromatic carboxylic acids is 1. The molecule has 0 saturated heterocycles. The molecule has 0 saturated carbocycles. The van der Waals surface area contributed by atoms with Crippen molar-refractivity contribution < 1.29 is 9.90 Å². The van der Waals surface area contributed by atoms with E-state index in [2.05, 4.69) is 15.3 Å². The van der Waals surface area contributed by atoms with Crippen LogP contribution in [0.5, 0.6) is 0 Å². The molecule has 2 rings (SSSR count). The van der Waals surface area contributed by atoms with E-state index in [1.165, 1.54) is 6.20 Å². The van der Waals surface area contributed by atoms with Gasteiger partial charge in [-0.1, -0.05) is 0 Å². The highest BCUT2D eigenvalue weighted by atomic mass is 32.1. The Hall–Kier alpha value is -1.95. The number of pyridine rings is 1. The average Bonchev–Trinajstić information content (AvgIpc) is 2.73. The Kier molecular flexibility index (Phi) is 3.34. The van der Waals surface area contributed by atoms with Crippen molar-refractivity contribution in [1.82, 2.24) is 9.97 Å². The molecule has 2 heterocycles. The van der Waals surface area contributed by atoms with Gasteiger partial charge < -0.3 is 10.4 Å². The molecular formula is C11H11N3O2S. The standard InChI is InChI=1S/C11H11N3O2S/c1-7-14-8(6-17-7)4-13-10-2-3-12-5-9(10)11(15)16/h2-3,5-6H,4H2,1H3,(H,12,13)(H,15,16). The lowest BCUT2D eigenvalue weighted by molar-refractivity contribution is 0.0697. The lowest BCUT2D eigenvalue weighted by Gasteiger charge is -2.07. The Morgan fingerprint density at radius 1 is 1.59 bits per heavy atom. The van der Waals surface area contributed by atoms with Gasteiger partial charge in [0.2, 0.25) is 0 Å². The fourth-order valence-electron chi connectivity index (χ4n) is 1.39. The fraction of sp³-hybridized carbons (Fsp3) is 0.182. The van der Waals surface area contributed by atoms with E-state index in [0.717, 1.165) is 10.7 Å². The Morgan fingerprint density at radius 2 is 2.41 bits per heavy atom. The van der Waals surface area contributed by atoms with E-state index in [1.807, 2.05) is 12.3 Å². The molecular weight excluding hydrogens is 238 g/mol. The van der Waals surface area contributed by atoms with E-state index in [4.69, 9.17) is 5.11 Å². The van der Waals surface area contributed by atoms with Crippen LogP contribution in [0, 0.1) is 6.92 Å². The minimum absolute atomic E-state index is 0.166. The van der Waals surface area contributed by atoms with Crippen LogP contribution in [-0.4, -0.2) is 21.0 Å². The molecule has 0 bridgehead atoms. The first-order chi connectivity index (χ1) is 8.16. The summed E-state index contributed by atoms with van der Waals surface area (Å²) in [5.74, 6) is -0.991. The van der Waals surface area contributed by atoms with Gasteiger partial charge >= 0.3 is 5.97 Å². The molecule has 2 N–H and O–H groups in total. The largest absolute Gasteiger partial charge is 0.478 e. The van der Waals surface area contributed by atoms with Crippen molar-refractivity contribution in [3.63, 3.8) is 0 Å². The van der Waals surface area contributed by atoms with Crippen molar-refractivity contribution in [2.45, 2.75) is 13.5 Å². The van der Waals surface area contributed by atoms with Crippen molar-refractivity contribution in [2.75, 3.05) is 5.32 Å². The number of nitrogens with zero attached hydrogens (tertiary/aromatic N) is 2. The Labute approximate surface area is 102 Å². The molecule has 0 amide bonds. The predicted molar refractivity (Wildman–Crippen MR) is 65.4 cm³/mol. The summed E-state index contributed by atoms with van der Waals surface area (Å²) in [4.78, 5) is 19.0. The second-order valence-corrected chi connectivity index (χ2v) is 4.50. The molecule has 0 aromatic carbocycles. The summed E-state index contributed by atoms with van der Waals surface area (Å²) < 4.78 is 0. The molecule has 5 nitrogen and oxygen atoms in total. The second kappa shape index (κ2) is 4.92. The number of aromatic nitrogens is 2. The van der Waals surface area contributed by atoms with Gasteiger partial charge in [0.25, 0.3) is 0 Å². The number of carboxylic acid groups (broad SMARTS) is 1. The second-order valence-electron chi connectivity index (χ2n) is 3.44. The first kappa shape index (κ1) is 11.5. The number of carboxylic acids is 1. The number of hydrogen-bond acceptors (Lipinski definition) is 5. The highest BCUT2D eigenvalue weighted by Gasteiger charge is 2.09. The van der Waals surface area contributed by atoms with Crippen molar-refractivity contribution in [3.05, 3.63) is 40.1 Å². The van der Waals surface area contributed by atoms with Gasteiger partial charge in [0.05, 0.1) is 22.9 Å². The third kappa shape index (κ3) is 2.79. The van der Waals surface area contributed by atoms with Crippen LogP contribution in [0.4, 0.5) is 5.69 Å². The summed E-state index contributed by atoms with van der Waals surface area (Å²) in [6, 6.07) is 1.64. The monoisotopic (exact) mass is 249 g/mol. The van der Waals surface area contributed by atoms with Crippen LogP contribution in [-0.2, 0) is 6.54 Å². The summed E-state index contributed by atoms with van der Waals surface area (Å²) in [5, 5.41) is 15.0. The zero-order valence-electron chi connectivity index (χ0n) is 9.17. The van der Waals surface area contributed by atoms with Crippen LogP contribution in [0.2, 0.25) is 0 Å².